The summed E-state index contributed by atoms with van der Waals surface area (Å²) in [6.07, 6.45) is 4.81. The maximum atomic E-state index is 15.1. The van der Waals surface area contributed by atoms with Crippen molar-refractivity contribution in [3.05, 3.63) is 54.1 Å². The first-order chi connectivity index (χ1) is 9.19. The molecule has 0 aliphatic heterocycles. The lowest BCUT2D eigenvalue weighted by atomic mass is 9.92. The van der Waals surface area contributed by atoms with Crippen LogP contribution in [0.25, 0.3) is 0 Å². The van der Waals surface area contributed by atoms with Gasteiger partial charge in [0.1, 0.15) is 5.82 Å². The second kappa shape index (κ2) is 5.97. The lowest BCUT2D eigenvalue weighted by Gasteiger charge is -2.24. The lowest BCUT2D eigenvalue weighted by molar-refractivity contribution is 0.170. The molecule has 0 saturated carbocycles. The van der Waals surface area contributed by atoms with Gasteiger partial charge in [0.2, 0.25) is 0 Å². The van der Waals surface area contributed by atoms with Gasteiger partial charge in [-0.25, -0.2) is 9.37 Å². The molecule has 0 saturated heterocycles. The Morgan fingerprint density at radius 2 is 2.05 bits per heavy atom. The predicted molar refractivity (Wildman–Crippen MR) is 74.5 cm³/mol. The van der Waals surface area contributed by atoms with Gasteiger partial charge in [0.25, 0.3) is 0 Å². The van der Waals surface area contributed by atoms with E-state index in [0.29, 0.717) is 5.56 Å². The first-order valence-corrected chi connectivity index (χ1v) is 6.64. The Morgan fingerprint density at radius 1 is 1.32 bits per heavy atom. The average Bonchev–Trinajstić information content (AvgIpc) is 2.87. The molecule has 3 nitrogen and oxygen atoms in total. The van der Waals surface area contributed by atoms with E-state index in [1.54, 1.807) is 18.3 Å². The molecule has 2 aromatic rings. The Hall–Kier alpha value is -1.68. The maximum absolute atomic E-state index is 15.1. The molecule has 2 rings (SSSR count). The number of imidazole rings is 1. The maximum Gasteiger partial charge on any atom is 0.155 e. The van der Waals surface area contributed by atoms with Crippen molar-refractivity contribution >= 4 is 0 Å². The molecule has 0 fully saturated rings. The highest BCUT2D eigenvalue weighted by atomic mass is 19.1. The van der Waals surface area contributed by atoms with Crippen LogP contribution in [0.2, 0.25) is 0 Å². The van der Waals surface area contributed by atoms with E-state index in [0.717, 1.165) is 18.8 Å². The summed E-state index contributed by atoms with van der Waals surface area (Å²) in [6, 6.07) is 9.09. The van der Waals surface area contributed by atoms with Crippen molar-refractivity contribution < 1.29 is 4.39 Å². The fourth-order valence-electron chi connectivity index (χ4n) is 2.23. The summed E-state index contributed by atoms with van der Waals surface area (Å²) in [7, 11) is 0. The number of nitrogens with zero attached hydrogens (tertiary/aromatic N) is 2. The predicted octanol–water partition coefficient (Wildman–Crippen LogP) is 2.66. The summed E-state index contributed by atoms with van der Waals surface area (Å²) < 4.78 is 17.1. The molecule has 0 spiro atoms. The monoisotopic (exact) mass is 261 g/mol. The van der Waals surface area contributed by atoms with Crippen LogP contribution < -0.4 is 5.73 Å². The van der Waals surface area contributed by atoms with E-state index in [1.807, 2.05) is 29.0 Å². The minimum Gasteiger partial charge on any atom is -0.335 e. The van der Waals surface area contributed by atoms with Crippen LogP contribution in [0.4, 0.5) is 4.39 Å². The Bertz CT molecular complexity index is 509. The van der Waals surface area contributed by atoms with Gasteiger partial charge in [-0.05, 0) is 12.0 Å². The number of rotatable bonds is 6. The van der Waals surface area contributed by atoms with Crippen LogP contribution in [0, 0.1) is 0 Å². The largest absolute Gasteiger partial charge is 0.335 e. The molecule has 4 heteroatoms. The molecule has 2 N–H and O–H groups in total. The molecule has 0 radical (unpaired) electrons. The van der Waals surface area contributed by atoms with Gasteiger partial charge in [-0.2, -0.15) is 0 Å². The van der Waals surface area contributed by atoms with Gasteiger partial charge in [-0.15, -0.1) is 0 Å². The van der Waals surface area contributed by atoms with Crippen molar-refractivity contribution in [3.8, 4) is 0 Å². The van der Waals surface area contributed by atoms with Crippen LogP contribution in [-0.4, -0.2) is 16.1 Å². The number of alkyl halides is 1. The van der Waals surface area contributed by atoms with Crippen molar-refractivity contribution in [1.82, 2.24) is 9.55 Å². The summed E-state index contributed by atoms with van der Waals surface area (Å²) in [5.41, 5.74) is 4.72. The molecule has 1 heterocycles. The summed E-state index contributed by atoms with van der Waals surface area (Å²) in [5.74, 6) is 0.749. The smallest absolute Gasteiger partial charge is 0.155 e. The molecule has 0 amide bonds. The van der Waals surface area contributed by atoms with Crippen molar-refractivity contribution in [2.45, 2.75) is 32.0 Å². The second-order valence-electron chi connectivity index (χ2n) is 4.75. The number of halogens is 1. The number of aryl methyl sites for hydroxylation is 1. The first kappa shape index (κ1) is 13.7. The van der Waals surface area contributed by atoms with E-state index in [-0.39, 0.29) is 13.0 Å². The third-order valence-corrected chi connectivity index (χ3v) is 3.32. The summed E-state index contributed by atoms with van der Waals surface area (Å²) in [4.78, 5) is 4.26. The zero-order valence-electron chi connectivity index (χ0n) is 11.2. The van der Waals surface area contributed by atoms with Crippen molar-refractivity contribution in [3.63, 3.8) is 0 Å². The van der Waals surface area contributed by atoms with Crippen LogP contribution >= 0.6 is 0 Å². The molecule has 0 bridgehead atoms. The standard InChI is InChI=1S/C15H20FN3/c1-2-9-19-10-8-18-14(19)11-15(16,12-17)13-6-4-3-5-7-13/h3-8,10H,2,9,11-12,17H2,1H3. The molecule has 19 heavy (non-hydrogen) atoms. The fourth-order valence-corrected chi connectivity index (χ4v) is 2.23. The zero-order valence-corrected chi connectivity index (χ0v) is 11.2. The number of benzene rings is 1. The normalized spacial score (nSPS) is 14.3. The van der Waals surface area contributed by atoms with Gasteiger partial charge in [-0.1, -0.05) is 37.3 Å². The van der Waals surface area contributed by atoms with E-state index >= 15 is 4.39 Å². The van der Waals surface area contributed by atoms with Crippen molar-refractivity contribution in [1.29, 1.82) is 0 Å². The number of hydrogen-bond acceptors (Lipinski definition) is 2. The zero-order chi connectivity index (χ0) is 13.7. The Morgan fingerprint density at radius 3 is 2.68 bits per heavy atom. The minimum absolute atomic E-state index is 0.0456. The van der Waals surface area contributed by atoms with Gasteiger partial charge in [0.15, 0.2) is 5.67 Å². The van der Waals surface area contributed by atoms with Crippen LogP contribution in [0.15, 0.2) is 42.7 Å². The molecule has 0 aliphatic rings. The Balaban J connectivity index is 2.25. The number of hydrogen-bond donors (Lipinski definition) is 1. The number of nitrogens with two attached hydrogens (primary N) is 1. The molecule has 1 unspecified atom stereocenters. The summed E-state index contributed by atoms with van der Waals surface area (Å²) in [6.45, 7) is 2.90. The summed E-state index contributed by atoms with van der Waals surface area (Å²) >= 11 is 0. The Labute approximate surface area is 113 Å². The fraction of sp³-hybridized carbons (Fsp3) is 0.400. The highest BCUT2D eigenvalue weighted by molar-refractivity contribution is 5.24. The van der Waals surface area contributed by atoms with Crippen LogP contribution in [0.3, 0.4) is 0 Å². The van der Waals surface area contributed by atoms with E-state index in [9.17, 15) is 0 Å². The topological polar surface area (TPSA) is 43.8 Å². The van der Waals surface area contributed by atoms with E-state index < -0.39 is 5.67 Å². The van der Waals surface area contributed by atoms with E-state index in [4.69, 9.17) is 5.73 Å². The lowest BCUT2D eigenvalue weighted by Crippen LogP contribution is -2.33. The molecule has 102 valence electrons. The third-order valence-electron chi connectivity index (χ3n) is 3.32. The van der Waals surface area contributed by atoms with Crippen LogP contribution in [0.1, 0.15) is 24.7 Å². The van der Waals surface area contributed by atoms with Gasteiger partial charge in [0, 0.05) is 31.9 Å². The number of aromatic nitrogens is 2. The van der Waals surface area contributed by atoms with Gasteiger partial charge >= 0.3 is 0 Å². The SMILES string of the molecule is CCCn1ccnc1CC(F)(CN)c1ccccc1. The van der Waals surface area contributed by atoms with Gasteiger partial charge in [-0.3, -0.25) is 0 Å². The molecule has 1 aromatic carbocycles. The van der Waals surface area contributed by atoms with Gasteiger partial charge < -0.3 is 10.3 Å². The van der Waals surface area contributed by atoms with Gasteiger partial charge in [0.05, 0.1) is 0 Å². The van der Waals surface area contributed by atoms with E-state index in [2.05, 4.69) is 11.9 Å². The third kappa shape index (κ3) is 3.01. The second-order valence-corrected chi connectivity index (χ2v) is 4.75. The highest BCUT2D eigenvalue weighted by Crippen LogP contribution is 2.28. The van der Waals surface area contributed by atoms with E-state index in [1.165, 1.54) is 0 Å². The average molecular weight is 261 g/mol. The Kier molecular flexibility index (Phi) is 4.32. The molecular weight excluding hydrogens is 241 g/mol. The highest BCUT2D eigenvalue weighted by Gasteiger charge is 2.32. The first-order valence-electron chi connectivity index (χ1n) is 6.64. The molecular formula is C15H20FN3. The molecule has 1 aromatic heterocycles. The van der Waals surface area contributed by atoms with Crippen LogP contribution in [-0.2, 0) is 18.6 Å². The quantitative estimate of drug-likeness (QED) is 0.868. The van der Waals surface area contributed by atoms with Crippen molar-refractivity contribution in [2.75, 3.05) is 6.54 Å². The molecule has 1 atom stereocenters. The van der Waals surface area contributed by atoms with Crippen molar-refractivity contribution in [2.24, 2.45) is 5.73 Å². The van der Waals surface area contributed by atoms with Crippen LogP contribution in [0.5, 0.6) is 0 Å². The summed E-state index contributed by atoms with van der Waals surface area (Å²) in [5, 5.41) is 0. The minimum atomic E-state index is -1.56. The molecule has 0 aliphatic carbocycles.